The third-order valence-electron chi connectivity index (χ3n) is 3.78. The van der Waals surface area contributed by atoms with Crippen LogP contribution in [0, 0.1) is 5.92 Å². The summed E-state index contributed by atoms with van der Waals surface area (Å²) in [7, 11) is 0. The summed E-state index contributed by atoms with van der Waals surface area (Å²) < 4.78 is 0. The van der Waals surface area contributed by atoms with Crippen LogP contribution in [-0.4, -0.2) is 18.5 Å². The summed E-state index contributed by atoms with van der Waals surface area (Å²) in [5.41, 5.74) is 6.75. The molecule has 0 bridgehead atoms. The van der Waals surface area contributed by atoms with Crippen molar-refractivity contribution in [3.8, 4) is 0 Å². The number of hydrogen-bond donors (Lipinski definition) is 2. The Morgan fingerprint density at radius 3 is 2.83 bits per heavy atom. The first-order valence-electron chi connectivity index (χ1n) is 6.82. The van der Waals surface area contributed by atoms with E-state index in [0.29, 0.717) is 5.92 Å². The first-order valence-corrected chi connectivity index (χ1v) is 6.82. The van der Waals surface area contributed by atoms with E-state index in [1.165, 1.54) is 24.8 Å². The van der Waals surface area contributed by atoms with Crippen molar-refractivity contribution in [3.63, 3.8) is 0 Å². The summed E-state index contributed by atoms with van der Waals surface area (Å²) >= 11 is 0. The molecule has 0 radical (unpaired) electrons. The molecule has 1 aromatic carbocycles. The third-order valence-corrected chi connectivity index (χ3v) is 3.78. The van der Waals surface area contributed by atoms with Crippen molar-refractivity contribution in [3.05, 3.63) is 35.9 Å². The van der Waals surface area contributed by atoms with Gasteiger partial charge in [-0.2, -0.15) is 0 Å². The lowest BCUT2D eigenvalue weighted by molar-refractivity contribution is -0.120. The smallest absolute Gasteiger partial charge is 0.234 e. The highest BCUT2D eigenvalue weighted by Crippen LogP contribution is 2.22. The second kappa shape index (κ2) is 6.55. The van der Waals surface area contributed by atoms with Gasteiger partial charge in [-0.1, -0.05) is 36.8 Å². The first-order chi connectivity index (χ1) is 8.75. The zero-order valence-electron chi connectivity index (χ0n) is 10.8. The quantitative estimate of drug-likeness (QED) is 0.833. The van der Waals surface area contributed by atoms with Crippen LogP contribution in [0.1, 0.15) is 31.2 Å². The van der Waals surface area contributed by atoms with Gasteiger partial charge in [-0.25, -0.2) is 0 Å². The van der Waals surface area contributed by atoms with E-state index >= 15 is 0 Å². The molecule has 1 aliphatic rings. The second-order valence-electron chi connectivity index (χ2n) is 5.18. The van der Waals surface area contributed by atoms with Gasteiger partial charge in [-0.05, 0) is 43.7 Å². The molecule has 18 heavy (non-hydrogen) atoms. The van der Waals surface area contributed by atoms with Crippen LogP contribution in [0.25, 0.3) is 0 Å². The molecule has 0 saturated carbocycles. The van der Waals surface area contributed by atoms with Crippen LogP contribution >= 0.6 is 0 Å². The van der Waals surface area contributed by atoms with E-state index in [0.717, 1.165) is 19.4 Å². The number of aryl methyl sites for hydroxylation is 1. The number of nitrogens with two attached hydrogens (primary N) is 1. The maximum absolute atomic E-state index is 11.2. The van der Waals surface area contributed by atoms with Crippen molar-refractivity contribution in [2.24, 2.45) is 11.7 Å². The molecule has 1 aromatic rings. The number of piperidine rings is 1. The molecule has 2 atom stereocenters. The zero-order chi connectivity index (χ0) is 12.8. The molecule has 1 fully saturated rings. The van der Waals surface area contributed by atoms with Crippen LogP contribution in [0.4, 0.5) is 0 Å². The molecule has 3 N–H and O–H groups in total. The van der Waals surface area contributed by atoms with Crippen LogP contribution in [0.2, 0.25) is 0 Å². The molecule has 0 aromatic heterocycles. The molecule has 0 aliphatic carbocycles. The molecule has 1 aliphatic heterocycles. The second-order valence-corrected chi connectivity index (χ2v) is 5.18. The average molecular weight is 246 g/mol. The monoisotopic (exact) mass is 246 g/mol. The molecule has 2 unspecified atom stereocenters. The molecule has 1 saturated heterocycles. The van der Waals surface area contributed by atoms with E-state index in [-0.39, 0.29) is 11.9 Å². The van der Waals surface area contributed by atoms with Crippen molar-refractivity contribution in [2.45, 2.75) is 38.1 Å². The largest absolute Gasteiger partial charge is 0.368 e. The van der Waals surface area contributed by atoms with Gasteiger partial charge < -0.3 is 11.1 Å². The normalized spacial score (nSPS) is 23.8. The minimum absolute atomic E-state index is 0.111. The van der Waals surface area contributed by atoms with Gasteiger partial charge in [0.25, 0.3) is 0 Å². The van der Waals surface area contributed by atoms with Crippen LogP contribution in [0.3, 0.4) is 0 Å². The van der Waals surface area contributed by atoms with Gasteiger partial charge in [-0.15, -0.1) is 0 Å². The number of hydrogen-bond acceptors (Lipinski definition) is 2. The van der Waals surface area contributed by atoms with Gasteiger partial charge >= 0.3 is 0 Å². The Hall–Kier alpha value is -1.35. The maximum atomic E-state index is 11.2. The number of nitrogens with one attached hydrogen (secondary N) is 1. The molecular formula is C15H22N2O. The first kappa shape index (κ1) is 13.1. The zero-order valence-corrected chi connectivity index (χ0v) is 10.8. The van der Waals surface area contributed by atoms with Crippen molar-refractivity contribution in [2.75, 3.05) is 6.54 Å². The van der Waals surface area contributed by atoms with E-state index < -0.39 is 0 Å². The number of carbonyl (C=O) groups is 1. The summed E-state index contributed by atoms with van der Waals surface area (Å²) in [6.07, 6.45) is 5.59. The minimum Gasteiger partial charge on any atom is -0.368 e. The number of benzene rings is 1. The molecule has 0 spiro atoms. The molecule has 3 heteroatoms. The van der Waals surface area contributed by atoms with Crippen LogP contribution < -0.4 is 11.1 Å². The SMILES string of the molecule is NC(=O)C1CC(CCCc2ccccc2)CCN1. The summed E-state index contributed by atoms with van der Waals surface area (Å²) in [5.74, 6) is 0.440. The van der Waals surface area contributed by atoms with Crippen molar-refractivity contribution >= 4 is 5.91 Å². The van der Waals surface area contributed by atoms with Gasteiger partial charge in [-0.3, -0.25) is 4.79 Å². The Balaban J connectivity index is 1.72. The fourth-order valence-electron chi connectivity index (χ4n) is 2.71. The molecule has 3 nitrogen and oxygen atoms in total. The number of carbonyl (C=O) groups excluding carboxylic acids is 1. The third kappa shape index (κ3) is 3.84. The highest BCUT2D eigenvalue weighted by atomic mass is 16.1. The molecule has 98 valence electrons. The molecule has 1 amide bonds. The van der Waals surface area contributed by atoms with Crippen LogP contribution in [-0.2, 0) is 11.2 Å². The van der Waals surface area contributed by atoms with E-state index in [9.17, 15) is 4.79 Å². The highest BCUT2D eigenvalue weighted by Gasteiger charge is 2.24. The fourth-order valence-corrected chi connectivity index (χ4v) is 2.71. The Labute approximate surface area is 109 Å². The predicted octanol–water partition coefficient (Wildman–Crippen LogP) is 1.86. The molecular weight excluding hydrogens is 224 g/mol. The lowest BCUT2D eigenvalue weighted by Gasteiger charge is -2.28. The van der Waals surface area contributed by atoms with E-state index in [4.69, 9.17) is 5.73 Å². The Bertz CT molecular complexity index is 377. The predicted molar refractivity (Wildman–Crippen MR) is 73.1 cm³/mol. The van der Waals surface area contributed by atoms with E-state index in [1.54, 1.807) is 0 Å². The van der Waals surface area contributed by atoms with E-state index in [1.807, 2.05) is 6.07 Å². The number of amides is 1. The number of rotatable bonds is 5. The van der Waals surface area contributed by atoms with Gasteiger partial charge in [0, 0.05) is 0 Å². The topological polar surface area (TPSA) is 55.1 Å². The summed E-state index contributed by atoms with van der Waals surface area (Å²) in [5, 5.41) is 3.18. The summed E-state index contributed by atoms with van der Waals surface area (Å²) in [4.78, 5) is 11.2. The maximum Gasteiger partial charge on any atom is 0.234 e. The summed E-state index contributed by atoms with van der Waals surface area (Å²) in [6.45, 7) is 0.920. The Morgan fingerprint density at radius 2 is 2.11 bits per heavy atom. The van der Waals surface area contributed by atoms with Crippen LogP contribution in [0.5, 0.6) is 0 Å². The van der Waals surface area contributed by atoms with Gasteiger partial charge in [0.05, 0.1) is 6.04 Å². The van der Waals surface area contributed by atoms with Crippen LogP contribution in [0.15, 0.2) is 30.3 Å². The minimum atomic E-state index is -0.206. The summed E-state index contributed by atoms with van der Waals surface area (Å²) in [6, 6.07) is 10.5. The highest BCUT2D eigenvalue weighted by molar-refractivity contribution is 5.79. The van der Waals surface area contributed by atoms with Gasteiger partial charge in [0.15, 0.2) is 0 Å². The molecule has 2 rings (SSSR count). The van der Waals surface area contributed by atoms with Crippen molar-refractivity contribution in [1.29, 1.82) is 0 Å². The van der Waals surface area contributed by atoms with Gasteiger partial charge in [0.1, 0.15) is 0 Å². The average Bonchev–Trinajstić information content (AvgIpc) is 2.40. The van der Waals surface area contributed by atoms with Crippen molar-refractivity contribution < 1.29 is 4.79 Å². The van der Waals surface area contributed by atoms with Crippen molar-refractivity contribution in [1.82, 2.24) is 5.32 Å². The molecule has 1 heterocycles. The van der Waals surface area contributed by atoms with E-state index in [2.05, 4.69) is 29.6 Å². The fraction of sp³-hybridized carbons (Fsp3) is 0.533. The van der Waals surface area contributed by atoms with Gasteiger partial charge in [0.2, 0.25) is 5.91 Å². The Kier molecular flexibility index (Phi) is 4.76. The number of primary amides is 1. The lowest BCUT2D eigenvalue weighted by atomic mass is 9.87. The lowest BCUT2D eigenvalue weighted by Crippen LogP contribution is -2.46. The Morgan fingerprint density at radius 1 is 1.33 bits per heavy atom. The standard InChI is InChI=1S/C15H22N2O/c16-15(18)14-11-13(9-10-17-14)8-4-7-12-5-2-1-3-6-12/h1-3,5-6,13-14,17H,4,7-11H2,(H2,16,18).